The molecule has 3 aromatic carbocycles. The second-order valence-corrected chi connectivity index (χ2v) is 18.0. The maximum Gasteiger partial charge on any atom is 0.304 e. The standard InChI is InChI=1S/C37H41ClFN3O7Si/c1-23-35(50(3,4)39)31(19-32(45)40(15-16-43)21-25-9-6-5-7-10-25)49-37(23)29-18-27(38)13-14-30(29)41(36(37)47)22-26-11-8-12-28(17-26)42-33(46)20-34(42)48-24(2)44/h5-14,17-18,23,31,34-35,43H,15-16,19-22H2,1-4H3/t23-,31+,34?,35-,37+/m1/s1. The van der Waals surface area contributed by atoms with Gasteiger partial charge in [-0.25, -0.2) is 0 Å². The van der Waals surface area contributed by atoms with E-state index in [9.17, 15) is 24.3 Å². The number of aliphatic hydroxyl groups is 1. The summed E-state index contributed by atoms with van der Waals surface area (Å²) in [5.41, 5.74) is 0.876. The highest BCUT2D eigenvalue weighted by molar-refractivity contribution is 6.72. The maximum absolute atomic E-state index is 16.4. The smallest absolute Gasteiger partial charge is 0.304 e. The zero-order chi connectivity index (χ0) is 36.0. The Labute approximate surface area is 296 Å². The number of esters is 1. The average Bonchev–Trinajstić information content (AvgIpc) is 3.47. The Morgan fingerprint density at radius 3 is 2.46 bits per heavy atom. The van der Waals surface area contributed by atoms with Gasteiger partial charge >= 0.3 is 5.97 Å². The number of benzene rings is 3. The topological polar surface area (TPSA) is 117 Å². The van der Waals surface area contributed by atoms with Crippen LogP contribution < -0.4 is 9.80 Å². The summed E-state index contributed by atoms with van der Waals surface area (Å²) in [6.07, 6.45) is -1.68. The normalized spacial score (nSPS) is 24.4. The second kappa shape index (κ2) is 13.9. The molecule has 1 N–H and O–H groups in total. The van der Waals surface area contributed by atoms with Crippen molar-refractivity contribution < 1.29 is 37.9 Å². The predicted molar refractivity (Wildman–Crippen MR) is 188 cm³/mol. The summed E-state index contributed by atoms with van der Waals surface area (Å²) < 4.78 is 28.4. The van der Waals surface area contributed by atoms with Crippen LogP contribution in [0.4, 0.5) is 15.5 Å². The Bertz CT molecular complexity index is 1810. The third kappa shape index (κ3) is 6.57. The van der Waals surface area contributed by atoms with Gasteiger partial charge in [0.1, 0.15) is 0 Å². The Morgan fingerprint density at radius 2 is 1.80 bits per heavy atom. The molecule has 0 radical (unpaired) electrons. The zero-order valence-electron chi connectivity index (χ0n) is 28.5. The minimum absolute atomic E-state index is 0.0867. The molecule has 2 fully saturated rings. The monoisotopic (exact) mass is 721 g/mol. The first-order valence-electron chi connectivity index (χ1n) is 16.7. The predicted octanol–water partition coefficient (Wildman–Crippen LogP) is 5.70. The van der Waals surface area contributed by atoms with Crippen LogP contribution in [0.2, 0.25) is 23.7 Å². The van der Waals surface area contributed by atoms with E-state index in [1.807, 2.05) is 43.3 Å². The van der Waals surface area contributed by atoms with Gasteiger partial charge in [-0.05, 0) is 54.6 Å². The molecule has 2 saturated heterocycles. The highest BCUT2D eigenvalue weighted by atomic mass is 35.5. The van der Waals surface area contributed by atoms with Crippen molar-refractivity contribution >= 4 is 55.1 Å². The van der Waals surface area contributed by atoms with E-state index in [1.54, 1.807) is 54.4 Å². The van der Waals surface area contributed by atoms with Gasteiger partial charge in [0.2, 0.25) is 20.2 Å². The molecule has 0 aromatic heterocycles. The van der Waals surface area contributed by atoms with E-state index in [0.717, 1.165) is 5.56 Å². The second-order valence-electron chi connectivity index (χ2n) is 13.8. The van der Waals surface area contributed by atoms with Crippen molar-refractivity contribution in [2.24, 2.45) is 5.92 Å². The molecular weight excluding hydrogens is 681 g/mol. The molecule has 3 heterocycles. The van der Waals surface area contributed by atoms with Gasteiger partial charge in [-0.3, -0.25) is 24.1 Å². The molecule has 0 saturated carbocycles. The van der Waals surface area contributed by atoms with E-state index in [1.165, 1.54) is 16.7 Å². The summed E-state index contributed by atoms with van der Waals surface area (Å²) in [4.78, 5) is 57.3. The number of halogens is 2. The number of hydrogen-bond acceptors (Lipinski definition) is 7. The van der Waals surface area contributed by atoms with Crippen molar-refractivity contribution in [3.05, 3.63) is 94.5 Å². The molecule has 3 aliphatic heterocycles. The number of ether oxygens (including phenoxy) is 2. The summed E-state index contributed by atoms with van der Waals surface area (Å²) >= 11 is 6.52. The van der Waals surface area contributed by atoms with Crippen LogP contribution >= 0.6 is 11.6 Å². The molecule has 1 spiro atoms. The van der Waals surface area contributed by atoms with Crippen LogP contribution in [0.25, 0.3) is 0 Å². The summed E-state index contributed by atoms with van der Waals surface area (Å²) in [6, 6.07) is 21.6. The number of anilines is 2. The highest BCUT2D eigenvalue weighted by Crippen LogP contribution is 2.60. The van der Waals surface area contributed by atoms with Crippen molar-refractivity contribution in [2.45, 2.75) is 76.3 Å². The van der Waals surface area contributed by atoms with Crippen molar-refractivity contribution in [2.75, 3.05) is 23.0 Å². The lowest BCUT2D eigenvalue weighted by molar-refractivity contribution is -0.154. The lowest BCUT2D eigenvalue weighted by Crippen LogP contribution is -2.54. The van der Waals surface area contributed by atoms with Gasteiger partial charge < -0.3 is 28.5 Å². The minimum Gasteiger partial charge on any atom is -0.441 e. The van der Waals surface area contributed by atoms with Crippen LogP contribution in [0, 0.1) is 5.92 Å². The number of hydrogen-bond donors (Lipinski definition) is 1. The number of fused-ring (bicyclic) bond motifs is 2. The Kier molecular flexibility index (Phi) is 9.93. The number of rotatable bonds is 11. The van der Waals surface area contributed by atoms with E-state index >= 15 is 4.11 Å². The van der Waals surface area contributed by atoms with Crippen molar-refractivity contribution in [3.63, 3.8) is 0 Å². The summed E-state index contributed by atoms with van der Waals surface area (Å²) in [5.74, 6) is -2.02. The Hall–Kier alpha value is -4.10. The molecule has 50 heavy (non-hydrogen) atoms. The van der Waals surface area contributed by atoms with Gasteiger partial charge in [-0.15, -0.1) is 0 Å². The van der Waals surface area contributed by atoms with Crippen LogP contribution in [0.3, 0.4) is 0 Å². The fourth-order valence-corrected chi connectivity index (χ4v) is 10.5. The minimum atomic E-state index is -3.56. The fraction of sp³-hybridized carbons (Fsp3) is 0.405. The van der Waals surface area contributed by atoms with Crippen molar-refractivity contribution in [1.82, 2.24) is 4.90 Å². The van der Waals surface area contributed by atoms with Crippen LogP contribution in [0.15, 0.2) is 72.8 Å². The number of β-lactam (4-membered cyclic amide) rings is 1. The highest BCUT2D eigenvalue weighted by Gasteiger charge is 2.67. The molecule has 5 atom stereocenters. The van der Waals surface area contributed by atoms with Gasteiger partial charge in [0.15, 0.2) is 11.8 Å². The molecule has 0 bridgehead atoms. The average molecular weight is 722 g/mol. The fourth-order valence-electron chi connectivity index (χ4n) is 7.86. The number of nitrogens with zero attached hydrogens (tertiary/aromatic N) is 3. The third-order valence-corrected chi connectivity index (χ3v) is 12.7. The van der Waals surface area contributed by atoms with Crippen LogP contribution in [-0.4, -0.2) is 67.6 Å². The molecule has 13 heteroatoms. The molecule has 6 rings (SSSR count). The molecule has 1 unspecified atom stereocenters. The van der Waals surface area contributed by atoms with Crippen molar-refractivity contribution in [3.8, 4) is 0 Å². The number of aliphatic hydroxyl groups excluding tert-OH is 1. The molecule has 3 aliphatic rings. The lowest BCUT2D eigenvalue weighted by atomic mass is 9.82. The zero-order valence-corrected chi connectivity index (χ0v) is 30.2. The maximum atomic E-state index is 16.4. The van der Waals surface area contributed by atoms with E-state index in [-0.39, 0.29) is 56.8 Å². The van der Waals surface area contributed by atoms with Gasteiger partial charge in [-0.1, -0.05) is 61.0 Å². The summed E-state index contributed by atoms with van der Waals surface area (Å²) in [7, 11) is -3.56. The van der Waals surface area contributed by atoms with Gasteiger partial charge in [0, 0.05) is 47.7 Å². The van der Waals surface area contributed by atoms with Crippen LogP contribution in [0.1, 0.15) is 43.4 Å². The van der Waals surface area contributed by atoms with E-state index in [4.69, 9.17) is 21.1 Å². The first kappa shape index (κ1) is 35.7. The van der Waals surface area contributed by atoms with E-state index in [2.05, 4.69) is 0 Å². The molecule has 3 amide bonds. The summed E-state index contributed by atoms with van der Waals surface area (Å²) in [6.45, 7) is 6.47. The van der Waals surface area contributed by atoms with Gasteiger partial charge in [0.25, 0.3) is 5.91 Å². The molecule has 10 nitrogen and oxygen atoms in total. The van der Waals surface area contributed by atoms with Gasteiger partial charge in [-0.2, -0.15) is 0 Å². The molecular formula is C37H41ClFN3O7Si. The first-order chi connectivity index (χ1) is 23.7. The molecule has 0 aliphatic carbocycles. The van der Waals surface area contributed by atoms with Crippen LogP contribution in [0.5, 0.6) is 0 Å². The first-order valence-corrected chi connectivity index (χ1v) is 20.1. The van der Waals surface area contributed by atoms with E-state index in [0.29, 0.717) is 27.5 Å². The quantitative estimate of drug-likeness (QED) is 0.117. The molecule has 264 valence electrons. The lowest BCUT2D eigenvalue weighted by Gasteiger charge is -2.39. The van der Waals surface area contributed by atoms with E-state index < -0.39 is 43.8 Å². The number of amides is 3. The summed E-state index contributed by atoms with van der Waals surface area (Å²) in [5, 5.41) is 10.2. The van der Waals surface area contributed by atoms with Gasteiger partial charge in [0.05, 0.1) is 37.8 Å². The Balaban J connectivity index is 1.32. The Morgan fingerprint density at radius 1 is 1.08 bits per heavy atom. The SMILES string of the molecule is CC(=O)OC1CC(=O)N1c1cccc(CN2C(=O)[C@@]3(O[C@@H](CC(=O)N(CCO)Cc4ccccc4)[C@H]([Si](C)(C)F)[C@H]3C)c3cc(Cl)ccc32)c1. The largest absolute Gasteiger partial charge is 0.441 e. The number of carbonyl (C=O) groups is 4. The van der Waals surface area contributed by atoms with Crippen LogP contribution in [-0.2, 0) is 47.3 Å². The van der Waals surface area contributed by atoms with Crippen molar-refractivity contribution in [1.29, 1.82) is 0 Å². The third-order valence-electron chi connectivity index (χ3n) is 9.97. The molecule has 3 aromatic rings. The number of carbonyl (C=O) groups excluding carboxylic acids is 4.